The fourth-order valence-corrected chi connectivity index (χ4v) is 2.90. The Bertz CT molecular complexity index is 1050. The zero-order valence-electron chi connectivity index (χ0n) is 18.3. The second-order valence-electron chi connectivity index (χ2n) is 7.02. The molecule has 0 aliphatic heterocycles. The largest absolute Gasteiger partial charge is 0.416 e. The maximum atomic E-state index is 13.2. The van der Waals surface area contributed by atoms with Crippen LogP contribution in [0.5, 0.6) is 0 Å². The lowest BCUT2D eigenvalue weighted by Crippen LogP contribution is -2.34. The van der Waals surface area contributed by atoms with Crippen LogP contribution >= 0.6 is 0 Å². The highest BCUT2D eigenvalue weighted by molar-refractivity contribution is 5.54. The monoisotopic (exact) mass is 514 g/mol. The van der Waals surface area contributed by atoms with Gasteiger partial charge in [-0.1, -0.05) is 30.3 Å². The summed E-state index contributed by atoms with van der Waals surface area (Å²) in [5.41, 5.74) is -1.08. The lowest BCUT2D eigenvalue weighted by Gasteiger charge is -2.25. The molecule has 5 nitrogen and oxygen atoms in total. The van der Waals surface area contributed by atoms with Crippen molar-refractivity contribution in [1.82, 2.24) is 10.1 Å². The first-order chi connectivity index (χ1) is 16.4. The fraction of sp³-hybridized carbons (Fsp3) is 0.381. The molecule has 0 saturated carbocycles. The second-order valence-corrected chi connectivity index (χ2v) is 7.02. The number of nitriles is 1. The quantitative estimate of drug-likeness (QED) is 0.281. The molecular weight excluding hydrogens is 495 g/mol. The summed E-state index contributed by atoms with van der Waals surface area (Å²) in [6.45, 7) is -0.224. The van der Waals surface area contributed by atoms with E-state index in [1.807, 2.05) is 0 Å². The van der Waals surface area contributed by atoms with Crippen molar-refractivity contribution in [3.63, 3.8) is 0 Å². The molecule has 1 heterocycles. The van der Waals surface area contributed by atoms with Crippen molar-refractivity contribution in [2.75, 3.05) is 11.4 Å². The van der Waals surface area contributed by atoms with Crippen LogP contribution < -0.4 is 4.90 Å². The minimum atomic E-state index is -4.64. The maximum Gasteiger partial charge on any atom is 0.416 e. The summed E-state index contributed by atoms with van der Waals surface area (Å²) in [7, 11) is 0. The molecule has 0 saturated heterocycles. The molecule has 1 atom stereocenters. The first-order valence-electron chi connectivity index (χ1n) is 9.67. The Morgan fingerprint density at radius 1 is 1.20 bits per heavy atom. The summed E-state index contributed by atoms with van der Waals surface area (Å²) >= 11 is 0. The number of hydrogen-bond donors (Lipinski definition) is 0. The molecule has 0 amide bonds. The third-order valence-corrected chi connectivity index (χ3v) is 4.40. The Kier molecular flexibility index (Phi) is 10.8. The van der Waals surface area contributed by atoms with Gasteiger partial charge in [0.05, 0.1) is 29.7 Å². The molecule has 0 radical (unpaired) electrons. The van der Waals surface area contributed by atoms with Crippen molar-refractivity contribution < 1.29 is 44.4 Å². The average Bonchev–Trinajstić information content (AvgIpc) is 3.26. The summed E-state index contributed by atoms with van der Waals surface area (Å²) < 4.78 is 113. The van der Waals surface area contributed by atoms with Gasteiger partial charge in [-0.15, -0.1) is 0 Å². The molecule has 0 fully saturated rings. The van der Waals surface area contributed by atoms with Crippen LogP contribution in [0.1, 0.15) is 42.6 Å². The molecule has 1 aromatic carbocycles. The number of anilines is 1. The van der Waals surface area contributed by atoms with Gasteiger partial charge in [-0.2, -0.15) is 36.6 Å². The summed E-state index contributed by atoms with van der Waals surface area (Å²) in [5.74, 6) is -1.39. The molecule has 0 bridgehead atoms. The molecule has 1 aromatic heterocycles. The smallest absolute Gasteiger partial charge is 0.355 e. The second kappa shape index (κ2) is 12.8. The molecule has 192 valence electrons. The Hall–Kier alpha value is -3.50. The lowest BCUT2D eigenvalue weighted by molar-refractivity contribution is -0.120. The number of alkyl halides is 7. The molecule has 0 N–H and O–H groups in total. The van der Waals surface area contributed by atoms with Crippen LogP contribution in [0.4, 0.5) is 45.6 Å². The van der Waals surface area contributed by atoms with Crippen molar-refractivity contribution in [3.8, 4) is 6.07 Å². The van der Waals surface area contributed by atoms with Crippen LogP contribution in [0.2, 0.25) is 0 Å². The zero-order valence-corrected chi connectivity index (χ0v) is 18.3. The van der Waals surface area contributed by atoms with Crippen LogP contribution in [-0.4, -0.2) is 29.0 Å². The van der Waals surface area contributed by atoms with E-state index in [2.05, 4.69) is 10.1 Å². The summed E-state index contributed by atoms with van der Waals surface area (Å²) in [4.78, 5) is 4.73. The number of halogens is 9. The van der Waals surface area contributed by atoms with Gasteiger partial charge in [-0.25, -0.2) is 4.39 Å². The topological polar surface area (TPSA) is 66.0 Å². The van der Waals surface area contributed by atoms with E-state index in [0.29, 0.717) is 0 Å². The highest BCUT2D eigenvalue weighted by Gasteiger charge is 2.33. The fourth-order valence-electron chi connectivity index (χ4n) is 2.90. The van der Waals surface area contributed by atoms with Gasteiger partial charge in [-0.05, 0) is 25.1 Å². The SMILES string of the molecule is C/C=C\C(=C/C(C)c1nc(CN(CC(F)(F)F)c2ccc(C#N)c(CF)c2)no1)C(F)(F)F.FF. The van der Waals surface area contributed by atoms with Crippen LogP contribution in [-0.2, 0) is 13.2 Å². The third kappa shape index (κ3) is 8.99. The van der Waals surface area contributed by atoms with E-state index in [0.717, 1.165) is 23.1 Å². The zero-order chi connectivity index (χ0) is 26.8. The predicted molar refractivity (Wildman–Crippen MR) is 107 cm³/mol. The molecule has 1 unspecified atom stereocenters. The van der Waals surface area contributed by atoms with Gasteiger partial charge >= 0.3 is 12.4 Å². The molecule has 2 rings (SSSR count). The van der Waals surface area contributed by atoms with E-state index in [1.165, 1.54) is 32.1 Å². The molecule has 2 aromatic rings. The van der Waals surface area contributed by atoms with Crippen LogP contribution in [0.15, 0.2) is 46.5 Å². The lowest BCUT2D eigenvalue weighted by atomic mass is 10.1. The molecule has 0 aliphatic rings. The summed E-state index contributed by atoms with van der Waals surface area (Å²) in [6, 6.07) is 5.29. The average molecular weight is 514 g/mol. The molecule has 35 heavy (non-hydrogen) atoms. The number of hydrogen-bond acceptors (Lipinski definition) is 5. The van der Waals surface area contributed by atoms with Crippen LogP contribution in [0, 0.1) is 11.3 Å². The standard InChI is InChI=1S/C21H19F7N4O.F2/c1-3-4-16(21(26,27)28)7-13(2)19-30-18(31-33-19)11-32(12-20(23,24)25)17-6-5-14(10-29)15(8-17)9-22;1-2/h3-8,13H,9,11-12H2,1-2H3;/b4-3-,16-7+;. The normalized spacial score (nSPS) is 13.3. The maximum absolute atomic E-state index is 13.2. The number of benzene rings is 1. The molecular formula is C21H19F9N4O. The van der Waals surface area contributed by atoms with Crippen LogP contribution in [0.3, 0.4) is 0 Å². The van der Waals surface area contributed by atoms with Gasteiger partial charge in [0.25, 0.3) is 0 Å². The van der Waals surface area contributed by atoms with E-state index in [9.17, 15) is 30.7 Å². The van der Waals surface area contributed by atoms with Crippen molar-refractivity contribution >= 4 is 5.69 Å². The highest BCUT2D eigenvalue weighted by Crippen LogP contribution is 2.30. The summed E-state index contributed by atoms with van der Waals surface area (Å²) in [5, 5.41) is 12.6. The number of nitrogens with zero attached hydrogens (tertiary/aromatic N) is 4. The summed E-state index contributed by atoms with van der Waals surface area (Å²) in [6.07, 6.45) is -6.31. The van der Waals surface area contributed by atoms with Gasteiger partial charge in [-0.3, -0.25) is 0 Å². The predicted octanol–water partition coefficient (Wildman–Crippen LogP) is 6.99. The van der Waals surface area contributed by atoms with Gasteiger partial charge in [0, 0.05) is 20.4 Å². The van der Waals surface area contributed by atoms with Gasteiger partial charge < -0.3 is 9.42 Å². The minimum Gasteiger partial charge on any atom is -0.355 e. The van der Waals surface area contributed by atoms with Gasteiger partial charge in [0.2, 0.25) is 5.89 Å². The number of aromatic nitrogens is 2. The molecule has 0 aliphatic carbocycles. The Labute approximate surface area is 194 Å². The van der Waals surface area contributed by atoms with Crippen LogP contribution in [0.25, 0.3) is 0 Å². The number of allylic oxidation sites excluding steroid dienone is 4. The van der Waals surface area contributed by atoms with Gasteiger partial charge in [0.1, 0.15) is 13.2 Å². The third-order valence-electron chi connectivity index (χ3n) is 4.40. The minimum absolute atomic E-state index is 0.0164. The van der Waals surface area contributed by atoms with E-state index < -0.39 is 43.6 Å². The van der Waals surface area contributed by atoms with Crippen molar-refractivity contribution in [1.29, 1.82) is 5.26 Å². The van der Waals surface area contributed by atoms with E-state index in [4.69, 9.17) is 18.9 Å². The number of rotatable bonds is 8. The van der Waals surface area contributed by atoms with Gasteiger partial charge in [0.15, 0.2) is 5.82 Å². The van der Waals surface area contributed by atoms with E-state index >= 15 is 0 Å². The molecule has 14 heteroatoms. The molecule has 0 spiro atoms. The first kappa shape index (κ1) is 29.5. The Balaban J connectivity index is 0.00000298. The first-order valence-corrected chi connectivity index (χ1v) is 9.67. The highest BCUT2D eigenvalue weighted by atomic mass is 20.0. The van der Waals surface area contributed by atoms with Crippen molar-refractivity contribution in [2.24, 2.45) is 0 Å². The van der Waals surface area contributed by atoms with E-state index in [-0.39, 0.29) is 28.5 Å². The Morgan fingerprint density at radius 3 is 2.37 bits per heavy atom. The van der Waals surface area contributed by atoms with Crippen molar-refractivity contribution in [3.05, 3.63) is 64.8 Å². The Morgan fingerprint density at radius 2 is 1.86 bits per heavy atom. The van der Waals surface area contributed by atoms with Crippen molar-refractivity contribution in [2.45, 2.75) is 45.3 Å². The van der Waals surface area contributed by atoms with E-state index in [1.54, 1.807) is 6.07 Å².